The molecule has 0 unspecified atom stereocenters. The molecule has 1 saturated heterocycles. The summed E-state index contributed by atoms with van der Waals surface area (Å²) in [6.45, 7) is 6.30. The zero-order valence-electron chi connectivity index (χ0n) is 13.9. The van der Waals surface area contributed by atoms with Crippen molar-refractivity contribution in [1.82, 2.24) is 14.9 Å². The molecule has 0 radical (unpaired) electrons. The highest BCUT2D eigenvalue weighted by Crippen LogP contribution is 2.21. The van der Waals surface area contributed by atoms with Crippen LogP contribution in [0.3, 0.4) is 0 Å². The molecular weight excluding hydrogens is 286 g/mol. The highest BCUT2D eigenvalue weighted by molar-refractivity contribution is 5.42. The van der Waals surface area contributed by atoms with Crippen molar-refractivity contribution in [3.8, 4) is 0 Å². The number of hydrogen-bond acceptors (Lipinski definition) is 5. The standard InChI is InChI=1S/C18H25N5/c1-14-10-17(21-18(19)20-14)22(2)11-16-8-9-23(13-16)12-15-6-4-3-5-7-15/h3-7,10,16H,8-9,11-13H2,1-2H3,(H2,19,20,21)/t16-/m1/s1. The second-order valence-corrected chi connectivity index (χ2v) is 6.48. The third-order valence-corrected chi connectivity index (χ3v) is 4.40. The first-order chi connectivity index (χ1) is 11.1. The lowest BCUT2D eigenvalue weighted by atomic mass is 10.1. The van der Waals surface area contributed by atoms with Crippen LogP contribution in [0, 0.1) is 12.8 Å². The molecule has 1 aliphatic rings. The van der Waals surface area contributed by atoms with Gasteiger partial charge in [-0.25, -0.2) is 4.98 Å². The van der Waals surface area contributed by atoms with Crippen molar-refractivity contribution < 1.29 is 0 Å². The fourth-order valence-corrected chi connectivity index (χ4v) is 3.30. The van der Waals surface area contributed by atoms with Crippen molar-refractivity contribution in [2.45, 2.75) is 19.9 Å². The molecule has 0 amide bonds. The molecule has 0 saturated carbocycles. The Kier molecular flexibility index (Phi) is 4.76. The maximum atomic E-state index is 5.76. The number of aromatic nitrogens is 2. The molecule has 5 heteroatoms. The molecule has 5 nitrogen and oxygen atoms in total. The summed E-state index contributed by atoms with van der Waals surface area (Å²) >= 11 is 0. The van der Waals surface area contributed by atoms with E-state index in [0.29, 0.717) is 11.9 Å². The first-order valence-corrected chi connectivity index (χ1v) is 8.19. The second-order valence-electron chi connectivity index (χ2n) is 6.48. The molecule has 0 spiro atoms. The van der Waals surface area contributed by atoms with Gasteiger partial charge in [0.2, 0.25) is 5.95 Å². The maximum absolute atomic E-state index is 5.76. The SMILES string of the molecule is Cc1cc(N(C)C[C@H]2CCN(Cc3ccccc3)C2)nc(N)n1. The molecule has 122 valence electrons. The summed E-state index contributed by atoms with van der Waals surface area (Å²) < 4.78 is 0. The van der Waals surface area contributed by atoms with Crippen LogP contribution >= 0.6 is 0 Å². The van der Waals surface area contributed by atoms with E-state index >= 15 is 0 Å². The molecule has 1 aliphatic heterocycles. The number of rotatable bonds is 5. The van der Waals surface area contributed by atoms with Crippen LogP contribution in [-0.2, 0) is 6.54 Å². The second kappa shape index (κ2) is 6.96. The quantitative estimate of drug-likeness (QED) is 0.918. The fraction of sp³-hybridized carbons (Fsp3) is 0.444. The predicted octanol–water partition coefficient (Wildman–Crippen LogP) is 2.33. The molecule has 0 bridgehead atoms. The van der Waals surface area contributed by atoms with Gasteiger partial charge in [0.25, 0.3) is 0 Å². The molecule has 2 heterocycles. The first kappa shape index (κ1) is 15.7. The van der Waals surface area contributed by atoms with E-state index in [9.17, 15) is 0 Å². The third-order valence-electron chi connectivity index (χ3n) is 4.40. The largest absolute Gasteiger partial charge is 0.368 e. The molecule has 23 heavy (non-hydrogen) atoms. The van der Waals surface area contributed by atoms with E-state index in [0.717, 1.165) is 31.1 Å². The lowest BCUT2D eigenvalue weighted by Crippen LogP contribution is -2.29. The molecule has 2 aromatic rings. The summed E-state index contributed by atoms with van der Waals surface area (Å²) in [4.78, 5) is 13.2. The Hall–Kier alpha value is -2.14. The number of aryl methyl sites for hydroxylation is 1. The number of likely N-dealkylation sites (tertiary alicyclic amines) is 1. The number of nitrogen functional groups attached to an aromatic ring is 1. The Balaban J connectivity index is 1.55. The molecule has 2 N–H and O–H groups in total. The molecule has 1 aromatic heterocycles. The van der Waals surface area contributed by atoms with E-state index in [-0.39, 0.29) is 0 Å². The van der Waals surface area contributed by atoms with Crippen LogP contribution in [0.2, 0.25) is 0 Å². The summed E-state index contributed by atoms with van der Waals surface area (Å²) in [6, 6.07) is 12.7. The van der Waals surface area contributed by atoms with E-state index < -0.39 is 0 Å². The van der Waals surface area contributed by atoms with E-state index in [1.165, 1.54) is 18.5 Å². The van der Waals surface area contributed by atoms with Crippen molar-refractivity contribution in [3.63, 3.8) is 0 Å². The summed E-state index contributed by atoms with van der Waals surface area (Å²) in [5.74, 6) is 1.93. The maximum Gasteiger partial charge on any atom is 0.222 e. The minimum absolute atomic E-state index is 0.351. The van der Waals surface area contributed by atoms with Gasteiger partial charge in [-0.3, -0.25) is 4.90 Å². The fourth-order valence-electron chi connectivity index (χ4n) is 3.30. The number of benzene rings is 1. The number of nitrogens with zero attached hydrogens (tertiary/aromatic N) is 4. The van der Waals surface area contributed by atoms with Crippen molar-refractivity contribution in [3.05, 3.63) is 47.7 Å². The molecule has 1 aromatic carbocycles. The zero-order valence-corrected chi connectivity index (χ0v) is 13.9. The Bertz CT molecular complexity index is 623. The van der Waals surface area contributed by atoms with Gasteiger partial charge in [0.05, 0.1) is 0 Å². The summed E-state index contributed by atoms with van der Waals surface area (Å²) in [7, 11) is 2.08. The van der Waals surface area contributed by atoms with Gasteiger partial charge in [-0.15, -0.1) is 0 Å². The summed E-state index contributed by atoms with van der Waals surface area (Å²) in [5, 5.41) is 0. The summed E-state index contributed by atoms with van der Waals surface area (Å²) in [6.07, 6.45) is 1.23. The lowest BCUT2D eigenvalue weighted by Gasteiger charge is -2.23. The molecular formula is C18H25N5. The van der Waals surface area contributed by atoms with Crippen LogP contribution in [0.4, 0.5) is 11.8 Å². The van der Waals surface area contributed by atoms with Gasteiger partial charge in [0.15, 0.2) is 0 Å². The van der Waals surface area contributed by atoms with Crippen LogP contribution in [0.1, 0.15) is 17.7 Å². The molecule has 0 aliphatic carbocycles. The average molecular weight is 311 g/mol. The van der Waals surface area contributed by atoms with E-state index in [1.807, 2.05) is 13.0 Å². The number of hydrogen-bond donors (Lipinski definition) is 1. The Labute approximate surface area is 138 Å². The van der Waals surface area contributed by atoms with Crippen molar-refractivity contribution in [1.29, 1.82) is 0 Å². The van der Waals surface area contributed by atoms with Gasteiger partial charge < -0.3 is 10.6 Å². The molecule has 3 rings (SSSR count). The van der Waals surface area contributed by atoms with Crippen LogP contribution in [0.15, 0.2) is 36.4 Å². The van der Waals surface area contributed by atoms with Crippen molar-refractivity contribution in [2.75, 3.05) is 37.3 Å². The smallest absolute Gasteiger partial charge is 0.222 e. The molecule has 1 atom stereocenters. The van der Waals surface area contributed by atoms with Gasteiger partial charge >= 0.3 is 0 Å². The predicted molar refractivity (Wildman–Crippen MR) is 94.3 cm³/mol. The van der Waals surface area contributed by atoms with Crippen LogP contribution in [0.25, 0.3) is 0 Å². The Morgan fingerprint density at radius 2 is 2.04 bits per heavy atom. The monoisotopic (exact) mass is 311 g/mol. The van der Waals surface area contributed by atoms with Crippen LogP contribution < -0.4 is 10.6 Å². The number of nitrogens with two attached hydrogens (primary N) is 1. The average Bonchev–Trinajstić information content (AvgIpc) is 2.94. The number of anilines is 2. The highest BCUT2D eigenvalue weighted by atomic mass is 15.2. The Morgan fingerprint density at radius 1 is 1.26 bits per heavy atom. The highest BCUT2D eigenvalue weighted by Gasteiger charge is 2.24. The Morgan fingerprint density at radius 3 is 2.78 bits per heavy atom. The zero-order chi connectivity index (χ0) is 16.2. The van der Waals surface area contributed by atoms with Gasteiger partial charge in [-0.2, -0.15) is 4.98 Å². The van der Waals surface area contributed by atoms with E-state index in [4.69, 9.17) is 5.73 Å². The van der Waals surface area contributed by atoms with Crippen molar-refractivity contribution in [2.24, 2.45) is 5.92 Å². The topological polar surface area (TPSA) is 58.3 Å². The van der Waals surface area contributed by atoms with Crippen LogP contribution in [0.5, 0.6) is 0 Å². The minimum Gasteiger partial charge on any atom is -0.368 e. The van der Waals surface area contributed by atoms with E-state index in [2.05, 4.69) is 57.1 Å². The van der Waals surface area contributed by atoms with Crippen LogP contribution in [-0.4, -0.2) is 41.5 Å². The molecule has 1 fully saturated rings. The van der Waals surface area contributed by atoms with Gasteiger partial charge in [-0.05, 0) is 31.4 Å². The lowest BCUT2D eigenvalue weighted by molar-refractivity contribution is 0.317. The van der Waals surface area contributed by atoms with Gasteiger partial charge in [-0.1, -0.05) is 30.3 Å². The van der Waals surface area contributed by atoms with Crippen molar-refractivity contribution >= 4 is 11.8 Å². The van der Waals surface area contributed by atoms with E-state index in [1.54, 1.807) is 0 Å². The van der Waals surface area contributed by atoms with Gasteiger partial charge in [0, 0.05) is 38.4 Å². The van der Waals surface area contributed by atoms with Gasteiger partial charge in [0.1, 0.15) is 5.82 Å². The first-order valence-electron chi connectivity index (χ1n) is 8.19. The normalized spacial score (nSPS) is 18.3. The third kappa shape index (κ3) is 4.20. The minimum atomic E-state index is 0.351. The summed E-state index contributed by atoms with van der Waals surface area (Å²) in [5.41, 5.74) is 8.06.